The van der Waals surface area contributed by atoms with Crippen LogP contribution in [0.1, 0.15) is 83.8 Å². The summed E-state index contributed by atoms with van der Waals surface area (Å²) in [4.78, 5) is 0. The topological polar surface area (TPSA) is 18.5 Å². The highest BCUT2D eigenvalue weighted by atomic mass is 28.4. The van der Waals surface area contributed by atoms with Gasteiger partial charge < -0.3 is 9.16 Å². The van der Waals surface area contributed by atoms with Crippen molar-refractivity contribution >= 4 is 8.32 Å². The van der Waals surface area contributed by atoms with Crippen molar-refractivity contribution in [1.82, 2.24) is 0 Å². The fourth-order valence-electron chi connectivity index (χ4n) is 7.35. The average Bonchev–Trinajstić information content (AvgIpc) is 3.02. The molecule has 4 aliphatic rings. The number of hydrogen-bond acceptors (Lipinski definition) is 2. The Morgan fingerprint density at radius 3 is 2.55 bits per heavy atom. The van der Waals surface area contributed by atoms with E-state index in [2.05, 4.69) is 59.0 Å². The van der Waals surface area contributed by atoms with Gasteiger partial charge in [-0.2, -0.15) is 0 Å². The predicted octanol–water partition coefficient (Wildman–Crippen LogP) is 7.57. The average molecular weight is 439 g/mol. The summed E-state index contributed by atoms with van der Waals surface area (Å²) in [6.07, 6.45) is 10.8. The smallest absolute Gasteiger partial charge is 0.192 e. The quantitative estimate of drug-likeness (QED) is 0.358. The highest BCUT2D eigenvalue weighted by molar-refractivity contribution is 6.74. The van der Waals surface area contributed by atoms with E-state index < -0.39 is 8.32 Å². The van der Waals surface area contributed by atoms with Crippen molar-refractivity contribution in [1.29, 1.82) is 0 Å². The maximum atomic E-state index is 7.12. The van der Waals surface area contributed by atoms with Crippen LogP contribution in [0.3, 0.4) is 0 Å². The lowest BCUT2D eigenvalue weighted by Gasteiger charge is -2.56. The lowest BCUT2D eigenvalue weighted by molar-refractivity contribution is 0.0677. The molecule has 0 aromatic heterocycles. The van der Waals surface area contributed by atoms with Crippen molar-refractivity contribution in [2.75, 3.05) is 7.11 Å². The molecule has 4 aliphatic carbocycles. The molecule has 2 fully saturated rings. The van der Waals surface area contributed by atoms with Gasteiger partial charge in [0.2, 0.25) is 0 Å². The van der Waals surface area contributed by atoms with Crippen LogP contribution in [0.25, 0.3) is 0 Å². The van der Waals surface area contributed by atoms with E-state index in [4.69, 9.17) is 9.16 Å². The fraction of sp³-hybridized carbons (Fsp3) is 0.714. The molecular weight excluding hydrogens is 396 g/mol. The van der Waals surface area contributed by atoms with Gasteiger partial charge in [-0.25, -0.2) is 0 Å². The van der Waals surface area contributed by atoms with Crippen LogP contribution in [-0.4, -0.2) is 21.5 Å². The van der Waals surface area contributed by atoms with E-state index in [0.717, 1.165) is 11.7 Å². The van der Waals surface area contributed by atoms with Gasteiger partial charge in [0.1, 0.15) is 5.75 Å². The van der Waals surface area contributed by atoms with Crippen LogP contribution in [-0.2, 0) is 16.3 Å². The summed E-state index contributed by atoms with van der Waals surface area (Å²) in [5.74, 6) is 1.75. The minimum atomic E-state index is -1.77. The minimum Gasteiger partial charge on any atom is -0.497 e. The Bertz CT molecular complexity index is 923. The van der Waals surface area contributed by atoms with Crippen LogP contribution in [0.5, 0.6) is 5.75 Å². The van der Waals surface area contributed by atoms with Crippen molar-refractivity contribution in [2.45, 2.75) is 109 Å². The summed E-state index contributed by atoms with van der Waals surface area (Å²) in [6, 6.07) is 6.96. The Morgan fingerprint density at radius 1 is 1.06 bits per heavy atom. The first-order valence-electron chi connectivity index (χ1n) is 12.6. The van der Waals surface area contributed by atoms with E-state index in [1.807, 2.05) is 11.1 Å². The maximum absolute atomic E-state index is 7.12. The van der Waals surface area contributed by atoms with E-state index in [1.54, 1.807) is 18.2 Å². The van der Waals surface area contributed by atoms with E-state index >= 15 is 0 Å². The Hall–Kier alpha value is -1.06. The van der Waals surface area contributed by atoms with Gasteiger partial charge in [0.25, 0.3) is 0 Å². The van der Waals surface area contributed by atoms with Crippen LogP contribution in [0.2, 0.25) is 18.1 Å². The summed E-state index contributed by atoms with van der Waals surface area (Å²) in [5, 5.41) is 0.272. The SMILES string of the molecule is COc1ccc2c(c1)C[C@H]1CCC[C@]23CC[C@@]2(C)C(=C13)CC[C@@H]2O[Si](C)(C)C(C)(C)C. The first kappa shape index (κ1) is 21.8. The molecule has 0 saturated heterocycles. The number of methoxy groups -OCH3 is 1. The molecule has 0 amide bonds. The molecule has 31 heavy (non-hydrogen) atoms. The van der Waals surface area contributed by atoms with Crippen LogP contribution in [0.4, 0.5) is 0 Å². The zero-order valence-electron chi connectivity index (χ0n) is 20.9. The maximum Gasteiger partial charge on any atom is 0.192 e. The van der Waals surface area contributed by atoms with Crippen LogP contribution in [0, 0.1) is 11.3 Å². The zero-order chi connectivity index (χ0) is 22.2. The van der Waals surface area contributed by atoms with E-state index in [9.17, 15) is 0 Å². The zero-order valence-corrected chi connectivity index (χ0v) is 21.9. The molecule has 2 bridgehead atoms. The molecule has 2 nitrogen and oxygen atoms in total. The Morgan fingerprint density at radius 2 is 1.84 bits per heavy atom. The first-order chi connectivity index (χ1) is 14.5. The second-order valence-electron chi connectivity index (χ2n) is 12.6. The molecule has 0 unspecified atom stereocenters. The molecule has 1 aromatic carbocycles. The van der Waals surface area contributed by atoms with E-state index in [0.29, 0.717) is 11.5 Å². The largest absolute Gasteiger partial charge is 0.497 e. The van der Waals surface area contributed by atoms with Crippen LogP contribution < -0.4 is 4.74 Å². The summed E-state index contributed by atoms with van der Waals surface area (Å²) in [7, 11) is 0.0243. The van der Waals surface area contributed by atoms with Gasteiger partial charge in [-0.1, -0.05) is 51.3 Å². The highest BCUT2D eigenvalue weighted by Crippen LogP contribution is 2.65. The molecule has 2 saturated carbocycles. The Labute approximate surface area is 190 Å². The number of benzene rings is 1. The molecule has 4 atom stereocenters. The molecule has 170 valence electrons. The second-order valence-corrected chi connectivity index (χ2v) is 17.4. The Balaban J connectivity index is 1.58. The van der Waals surface area contributed by atoms with Crippen molar-refractivity contribution in [3.8, 4) is 5.75 Å². The predicted molar refractivity (Wildman–Crippen MR) is 131 cm³/mol. The molecule has 0 N–H and O–H groups in total. The van der Waals surface area contributed by atoms with Crippen LogP contribution in [0.15, 0.2) is 29.3 Å². The Kier molecular flexibility index (Phi) is 4.89. The third-order valence-electron chi connectivity index (χ3n) is 10.1. The number of fused-ring (bicyclic) bond motifs is 2. The van der Waals surface area contributed by atoms with Crippen molar-refractivity contribution < 1.29 is 9.16 Å². The third-order valence-corrected chi connectivity index (χ3v) is 14.6. The minimum absolute atomic E-state index is 0.244. The number of ether oxygens (including phenoxy) is 1. The monoisotopic (exact) mass is 438 g/mol. The van der Waals surface area contributed by atoms with Gasteiger partial charge in [0.15, 0.2) is 8.32 Å². The third kappa shape index (κ3) is 3.05. The summed E-state index contributed by atoms with van der Waals surface area (Å²) in [6.45, 7) is 14.6. The lowest BCUT2D eigenvalue weighted by Crippen LogP contribution is -2.51. The van der Waals surface area contributed by atoms with Gasteiger partial charge in [0, 0.05) is 10.8 Å². The molecule has 0 radical (unpaired) electrons. The second kappa shape index (κ2) is 6.97. The van der Waals surface area contributed by atoms with Gasteiger partial charge in [-0.15, -0.1) is 0 Å². The van der Waals surface area contributed by atoms with Crippen LogP contribution >= 0.6 is 0 Å². The van der Waals surface area contributed by atoms with Gasteiger partial charge in [-0.3, -0.25) is 0 Å². The molecule has 0 spiro atoms. The normalized spacial score (nSPS) is 34.8. The van der Waals surface area contributed by atoms with Gasteiger partial charge >= 0.3 is 0 Å². The molecule has 5 rings (SSSR count). The van der Waals surface area contributed by atoms with Gasteiger partial charge in [0.05, 0.1) is 13.2 Å². The number of rotatable bonds is 3. The molecule has 0 heterocycles. The summed E-state index contributed by atoms with van der Waals surface area (Å²) >= 11 is 0. The lowest BCUT2D eigenvalue weighted by atomic mass is 9.49. The molecule has 0 aliphatic heterocycles. The van der Waals surface area contributed by atoms with Crippen molar-refractivity contribution in [2.24, 2.45) is 11.3 Å². The first-order valence-corrected chi connectivity index (χ1v) is 15.5. The van der Waals surface area contributed by atoms with E-state index in [1.165, 1.54) is 51.4 Å². The highest BCUT2D eigenvalue weighted by Gasteiger charge is 2.58. The summed E-state index contributed by atoms with van der Waals surface area (Å²) < 4.78 is 12.7. The standard InChI is InChI=1S/C28H42O2Si/c1-26(2,3)31(6,7)30-24-13-12-23-25-19-9-8-14-28(25,16-15-27(23,24)4)22-11-10-21(29-5)18-20(22)17-19/h10-11,18-19,24H,8-9,12-17H2,1-7H3/t19-,24+,27+,28+/m1/s1. The number of allylic oxidation sites excluding steroid dienone is 1. The van der Waals surface area contributed by atoms with Crippen molar-refractivity contribution in [3.05, 3.63) is 40.5 Å². The van der Waals surface area contributed by atoms with Gasteiger partial charge in [-0.05, 0) is 92.3 Å². The molecule has 3 heteroatoms. The van der Waals surface area contributed by atoms with E-state index in [-0.39, 0.29) is 10.5 Å². The fourth-order valence-corrected chi connectivity index (χ4v) is 8.80. The molecule has 1 aromatic rings. The number of hydrogen-bond donors (Lipinski definition) is 0. The summed E-state index contributed by atoms with van der Waals surface area (Å²) in [5.41, 5.74) is 7.41. The molecular formula is C28H42O2Si. The van der Waals surface area contributed by atoms with Crippen molar-refractivity contribution in [3.63, 3.8) is 0 Å².